The minimum Gasteiger partial charge on any atom is -0.395 e. The number of carbonyl (C=O) groups is 1. The molecule has 2 rings (SSSR count). The van der Waals surface area contributed by atoms with Gasteiger partial charge in [-0.25, -0.2) is 0 Å². The van der Waals surface area contributed by atoms with E-state index in [-0.39, 0.29) is 24.5 Å². The van der Waals surface area contributed by atoms with Gasteiger partial charge in [0.15, 0.2) is 0 Å². The number of ether oxygens (including phenoxy) is 1. The van der Waals surface area contributed by atoms with Crippen molar-refractivity contribution in [3.05, 3.63) is 0 Å². The summed E-state index contributed by atoms with van der Waals surface area (Å²) in [5.74, 6) is 0.201. The zero-order valence-corrected chi connectivity index (χ0v) is 10.6. The molecule has 2 atom stereocenters. The topological polar surface area (TPSA) is 49.8 Å². The number of hydrogen-bond donors (Lipinski definition) is 1. The number of rotatable bonds is 4. The fourth-order valence-electron chi connectivity index (χ4n) is 3.02. The lowest BCUT2D eigenvalue weighted by Gasteiger charge is -2.30. The van der Waals surface area contributed by atoms with Crippen LogP contribution in [0.2, 0.25) is 0 Å². The Bertz CT molecular complexity index is 263. The minimum atomic E-state index is 0.0113. The molecule has 1 saturated heterocycles. The quantitative estimate of drug-likeness (QED) is 0.804. The third-order valence-electron chi connectivity index (χ3n) is 3.94. The molecule has 0 aromatic rings. The van der Waals surface area contributed by atoms with Gasteiger partial charge < -0.3 is 14.7 Å². The Morgan fingerprint density at radius 3 is 2.65 bits per heavy atom. The Hall–Kier alpha value is -0.610. The van der Waals surface area contributed by atoms with Gasteiger partial charge in [-0.3, -0.25) is 4.79 Å². The SMILES string of the molecule is CC1CC(C(=O)N(CCO)C2CCCC2)CO1. The number of aliphatic hydroxyl groups excluding tert-OH is 1. The third kappa shape index (κ3) is 2.99. The molecule has 98 valence electrons. The third-order valence-corrected chi connectivity index (χ3v) is 3.94. The highest BCUT2D eigenvalue weighted by molar-refractivity contribution is 5.79. The van der Waals surface area contributed by atoms with Crippen LogP contribution < -0.4 is 0 Å². The van der Waals surface area contributed by atoms with Gasteiger partial charge in [0.1, 0.15) is 0 Å². The van der Waals surface area contributed by atoms with Crippen LogP contribution in [0.15, 0.2) is 0 Å². The molecular weight excluding hydrogens is 218 g/mol. The van der Waals surface area contributed by atoms with Crippen molar-refractivity contribution in [3.63, 3.8) is 0 Å². The van der Waals surface area contributed by atoms with Gasteiger partial charge in [-0.1, -0.05) is 12.8 Å². The average molecular weight is 241 g/mol. The summed E-state index contributed by atoms with van der Waals surface area (Å²) >= 11 is 0. The molecule has 2 unspecified atom stereocenters. The molecule has 1 heterocycles. The standard InChI is InChI=1S/C13H23NO3/c1-10-8-11(9-17-10)13(16)14(6-7-15)12-4-2-3-5-12/h10-12,15H,2-9H2,1H3. The van der Waals surface area contributed by atoms with Crippen LogP contribution in [0, 0.1) is 5.92 Å². The van der Waals surface area contributed by atoms with E-state index in [4.69, 9.17) is 9.84 Å². The zero-order chi connectivity index (χ0) is 12.3. The van der Waals surface area contributed by atoms with Crippen LogP contribution in [0.4, 0.5) is 0 Å². The van der Waals surface area contributed by atoms with Gasteiger partial charge in [-0.05, 0) is 26.2 Å². The Labute approximate surface area is 103 Å². The van der Waals surface area contributed by atoms with Gasteiger partial charge in [0, 0.05) is 12.6 Å². The van der Waals surface area contributed by atoms with Crippen LogP contribution in [-0.2, 0) is 9.53 Å². The molecule has 4 nitrogen and oxygen atoms in total. The van der Waals surface area contributed by atoms with Crippen molar-refractivity contribution in [2.45, 2.75) is 51.2 Å². The average Bonchev–Trinajstić information content (AvgIpc) is 2.95. The first-order chi connectivity index (χ1) is 8.22. The number of aliphatic hydroxyl groups is 1. The van der Waals surface area contributed by atoms with E-state index in [9.17, 15) is 4.79 Å². The van der Waals surface area contributed by atoms with Crippen molar-refractivity contribution in [2.75, 3.05) is 19.8 Å². The summed E-state index contributed by atoms with van der Waals surface area (Å²) < 4.78 is 5.47. The molecule has 0 aromatic carbocycles. The van der Waals surface area contributed by atoms with Crippen molar-refractivity contribution in [1.82, 2.24) is 4.90 Å². The van der Waals surface area contributed by atoms with E-state index in [0.29, 0.717) is 19.2 Å². The predicted molar refractivity (Wildman–Crippen MR) is 64.6 cm³/mol. The van der Waals surface area contributed by atoms with E-state index in [0.717, 1.165) is 19.3 Å². The fourth-order valence-corrected chi connectivity index (χ4v) is 3.02. The summed E-state index contributed by atoms with van der Waals surface area (Å²) in [5, 5.41) is 9.12. The molecule has 1 N–H and O–H groups in total. The normalized spacial score (nSPS) is 29.8. The molecule has 0 aromatic heterocycles. The van der Waals surface area contributed by atoms with Crippen LogP contribution in [0.1, 0.15) is 39.0 Å². The van der Waals surface area contributed by atoms with Gasteiger partial charge in [0.2, 0.25) is 5.91 Å². The Morgan fingerprint density at radius 1 is 1.41 bits per heavy atom. The molecule has 1 aliphatic carbocycles. The summed E-state index contributed by atoms with van der Waals surface area (Å²) in [4.78, 5) is 14.3. The first-order valence-electron chi connectivity index (χ1n) is 6.75. The molecular formula is C13H23NO3. The van der Waals surface area contributed by atoms with Crippen LogP contribution in [0.3, 0.4) is 0 Å². The van der Waals surface area contributed by atoms with Gasteiger partial charge in [0.25, 0.3) is 0 Å². The van der Waals surface area contributed by atoms with Gasteiger partial charge in [-0.15, -0.1) is 0 Å². The van der Waals surface area contributed by atoms with Crippen LogP contribution in [-0.4, -0.2) is 47.8 Å². The molecule has 0 radical (unpaired) electrons. The summed E-state index contributed by atoms with van der Waals surface area (Å²) in [6, 6.07) is 0.352. The maximum absolute atomic E-state index is 12.4. The van der Waals surface area contributed by atoms with E-state index >= 15 is 0 Å². The molecule has 1 saturated carbocycles. The maximum Gasteiger partial charge on any atom is 0.228 e. The highest BCUT2D eigenvalue weighted by Gasteiger charge is 2.34. The van der Waals surface area contributed by atoms with Crippen molar-refractivity contribution >= 4 is 5.91 Å². The molecule has 1 aliphatic heterocycles. The van der Waals surface area contributed by atoms with E-state index < -0.39 is 0 Å². The lowest BCUT2D eigenvalue weighted by atomic mass is 10.0. The van der Waals surface area contributed by atoms with E-state index in [1.807, 2.05) is 11.8 Å². The van der Waals surface area contributed by atoms with Crippen LogP contribution in [0.25, 0.3) is 0 Å². The van der Waals surface area contributed by atoms with Crippen molar-refractivity contribution in [1.29, 1.82) is 0 Å². The second-order valence-electron chi connectivity index (χ2n) is 5.27. The predicted octanol–water partition coefficient (Wildman–Crippen LogP) is 1.17. The lowest BCUT2D eigenvalue weighted by Crippen LogP contribution is -2.44. The molecule has 2 aliphatic rings. The second-order valence-corrected chi connectivity index (χ2v) is 5.27. The van der Waals surface area contributed by atoms with E-state index in [2.05, 4.69) is 0 Å². The Balaban J connectivity index is 1.96. The summed E-state index contributed by atoms with van der Waals surface area (Å²) in [6.45, 7) is 3.10. The number of nitrogens with zero attached hydrogens (tertiary/aromatic N) is 1. The van der Waals surface area contributed by atoms with Gasteiger partial charge in [-0.2, -0.15) is 0 Å². The lowest BCUT2D eigenvalue weighted by molar-refractivity contribution is -0.138. The first-order valence-corrected chi connectivity index (χ1v) is 6.75. The van der Waals surface area contributed by atoms with E-state index in [1.54, 1.807) is 0 Å². The Morgan fingerprint density at radius 2 is 2.12 bits per heavy atom. The highest BCUT2D eigenvalue weighted by Crippen LogP contribution is 2.27. The Kier molecular flexibility index (Phi) is 4.40. The fraction of sp³-hybridized carbons (Fsp3) is 0.923. The molecule has 17 heavy (non-hydrogen) atoms. The maximum atomic E-state index is 12.4. The van der Waals surface area contributed by atoms with E-state index in [1.165, 1.54) is 12.8 Å². The van der Waals surface area contributed by atoms with Crippen molar-refractivity contribution in [3.8, 4) is 0 Å². The summed E-state index contributed by atoms with van der Waals surface area (Å²) in [7, 11) is 0. The summed E-state index contributed by atoms with van der Waals surface area (Å²) in [6.07, 6.45) is 5.62. The minimum absolute atomic E-state index is 0.0113. The zero-order valence-electron chi connectivity index (χ0n) is 10.6. The van der Waals surface area contributed by atoms with Gasteiger partial charge in [0.05, 0.1) is 25.2 Å². The monoisotopic (exact) mass is 241 g/mol. The highest BCUT2D eigenvalue weighted by atomic mass is 16.5. The first kappa shape index (κ1) is 12.8. The van der Waals surface area contributed by atoms with Crippen molar-refractivity contribution in [2.24, 2.45) is 5.92 Å². The molecule has 1 amide bonds. The van der Waals surface area contributed by atoms with Crippen molar-refractivity contribution < 1.29 is 14.6 Å². The van der Waals surface area contributed by atoms with Crippen LogP contribution >= 0.6 is 0 Å². The molecule has 0 bridgehead atoms. The molecule has 4 heteroatoms. The molecule has 2 fully saturated rings. The molecule has 0 spiro atoms. The number of carbonyl (C=O) groups excluding carboxylic acids is 1. The van der Waals surface area contributed by atoms with Gasteiger partial charge >= 0.3 is 0 Å². The summed E-state index contributed by atoms with van der Waals surface area (Å²) in [5.41, 5.74) is 0. The smallest absolute Gasteiger partial charge is 0.228 e. The second kappa shape index (κ2) is 5.83. The van der Waals surface area contributed by atoms with Crippen LogP contribution in [0.5, 0.6) is 0 Å². The largest absolute Gasteiger partial charge is 0.395 e. The number of hydrogen-bond acceptors (Lipinski definition) is 3. The number of amides is 1.